The standard InChI is InChI=1S/C7H5N3O2/c11-10(12)7-2-1-6-3-8-5-9(6)4-7/h1-5H. The van der Waals surface area contributed by atoms with Crippen molar-refractivity contribution in [1.29, 1.82) is 0 Å². The molecule has 0 aromatic carbocycles. The lowest BCUT2D eigenvalue weighted by Gasteiger charge is -1.92. The van der Waals surface area contributed by atoms with Crippen molar-refractivity contribution in [1.82, 2.24) is 9.38 Å². The monoisotopic (exact) mass is 163 g/mol. The van der Waals surface area contributed by atoms with Gasteiger partial charge in [0.25, 0.3) is 5.69 Å². The van der Waals surface area contributed by atoms with Crippen LogP contribution in [0.25, 0.3) is 5.52 Å². The lowest BCUT2D eigenvalue weighted by atomic mass is 10.4. The maximum Gasteiger partial charge on any atom is 0.285 e. The summed E-state index contributed by atoms with van der Waals surface area (Å²) in [5.74, 6) is 0. The van der Waals surface area contributed by atoms with Gasteiger partial charge < -0.3 is 0 Å². The van der Waals surface area contributed by atoms with Gasteiger partial charge in [0.1, 0.15) is 0 Å². The predicted octanol–water partition coefficient (Wildman–Crippen LogP) is 1.24. The molecule has 2 aromatic rings. The summed E-state index contributed by atoms with van der Waals surface area (Å²) in [6.07, 6.45) is 4.61. The fourth-order valence-corrected chi connectivity index (χ4v) is 1.02. The van der Waals surface area contributed by atoms with Gasteiger partial charge in [-0.2, -0.15) is 0 Å². The van der Waals surface area contributed by atoms with E-state index in [-0.39, 0.29) is 5.69 Å². The highest BCUT2D eigenvalue weighted by Crippen LogP contribution is 2.11. The Morgan fingerprint density at radius 3 is 3.08 bits per heavy atom. The van der Waals surface area contributed by atoms with Gasteiger partial charge >= 0.3 is 0 Å². The predicted molar refractivity (Wildman–Crippen MR) is 41.8 cm³/mol. The van der Waals surface area contributed by atoms with Crippen LogP contribution in [0.15, 0.2) is 30.9 Å². The SMILES string of the molecule is O=[N+]([O-])c1ccc2cncn2c1. The van der Waals surface area contributed by atoms with Gasteiger partial charge in [0.2, 0.25) is 0 Å². The second kappa shape index (κ2) is 2.30. The Labute approximate surface area is 67.4 Å². The van der Waals surface area contributed by atoms with Crippen LogP contribution in [-0.2, 0) is 0 Å². The van der Waals surface area contributed by atoms with Crippen LogP contribution in [0.3, 0.4) is 0 Å². The molecule has 60 valence electrons. The Bertz CT molecular complexity index is 435. The Balaban J connectivity index is 2.68. The number of aromatic nitrogens is 2. The van der Waals surface area contributed by atoms with E-state index in [0.717, 1.165) is 5.52 Å². The molecule has 0 aliphatic heterocycles. The zero-order chi connectivity index (χ0) is 8.55. The molecule has 0 amide bonds. The molecule has 2 aromatic heterocycles. The second-order valence-electron chi connectivity index (χ2n) is 2.37. The van der Waals surface area contributed by atoms with Crippen molar-refractivity contribution in [2.45, 2.75) is 0 Å². The number of rotatable bonds is 1. The lowest BCUT2D eigenvalue weighted by Crippen LogP contribution is -1.90. The smallest absolute Gasteiger partial charge is 0.285 e. The maximum atomic E-state index is 10.3. The molecule has 0 aliphatic rings. The second-order valence-corrected chi connectivity index (χ2v) is 2.37. The Kier molecular flexibility index (Phi) is 1.30. The van der Waals surface area contributed by atoms with Crippen molar-refractivity contribution in [2.75, 3.05) is 0 Å². The third-order valence-electron chi connectivity index (χ3n) is 1.60. The van der Waals surface area contributed by atoms with Gasteiger partial charge in [-0.3, -0.25) is 14.5 Å². The van der Waals surface area contributed by atoms with Crippen molar-refractivity contribution >= 4 is 11.2 Å². The zero-order valence-corrected chi connectivity index (χ0v) is 6.04. The molecule has 0 bridgehead atoms. The van der Waals surface area contributed by atoms with Gasteiger partial charge in [0, 0.05) is 6.07 Å². The topological polar surface area (TPSA) is 60.4 Å². The first-order valence-corrected chi connectivity index (χ1v) is 3.33. The highest BCUT2D eigenvalue weighted by molar-refractivity contribution is 5.48. The van der Waals surface area contributed by atoms with E-state index in [1.165, 1.54) is 18.6 Å². The van der Waals surface area contributed by atoms with E-state index in [0.29, 0.717) is 0 Å². The van der Waals surface area contributed by atoms with Crippen LogP contribution < -0.4 is 0 Å². The molecule has 0 atom stereocenters. The van der Waals surface area contributed by atoms with Gasteiger partial charge in [-0.25, -0.2) is 4.98 Å². The van der Waals surface area contributed by atoms with E-state index in [1.807, 2.05) is 0 Å². The Morgan fingerprint density at radius 2 is 2.33 bits per heavy atom. The van der Waals surface area contributed by atoms with Gasteiger partial charge in [0.05, 0.1) is 29.2 Å². The third kappa shape index (κ3) is 0.914. The fraction of sp³-hybridized carbons (Fsp3) is 0. The largest absolute Gasteiger partial charge is 0.299 e. The quantitative estimate of drug-likeness (QED) is 0.469. The highest BCUT2D eigenvalue weighted by Gasteiger charge is 2.04. The summed E-state index contributed by atoms with van der Waals surface area (Å²) in [4.78, 5) is 13.7. The minimum Gasteiger partial charge on any atom is -0.299 e. The minimum absolute atomic E-state index is 0.0699. The summed E-state index contributed by atoms with van der Waals surface area (Å²) >= 11 is 0. The molecule has 5 heteroatoms. The molecule has 0 saturated carbocycles. The van der Waals surface area contributed by atoms with Gasteiger partial charge in [-0.15, -0.1) is 0 Å². The average Bonchev–Trinajstić information content (AvgIpc) is 2.49. The summed E-state index contributed by atoms with van der Waals surface area (Å²) in [6, 6.07) is 3.11. The zero-order valence-electron chi connectivity index (χ0n) is 6.04. The molecule has 2 rings (SSSR count). The lowest BCUT2D eigenvalue weighted by molar-refractivity contribution is -0.385. The van der Waals surface area contributed by atoms with Crippen molar-refractivity contribution in [3.05, 3.63) is 41.0 Å². The molecule has 0 N–H and O–H groups in total. The maximum absolute atomic E-state index is 10.3. The van der Waals surface area contributed by atoms with Crippen molar-refractivity contribution in [2.24, 2.45) is 0 Å². The molecule has 0 saturated heterocycles. The average molecular weight is 163 g/mol. The van der Waals surface area contributed by atoms with Crippen LogP contribution in [0.4, 0.5) is 5.69 Å². The van der Waals surface area contributed by atoms with Crippen LogP contribution in [0, 0.1) is 10.1 Å². The van der Waals surface area contributed by atoms with Gasteiger partial charge in [0.15, 0.2) is 0 Å². The summed E-state index contributed by atoms with van der Waals surface area (Å²) < 4.78 is 1.61. The van der Waals surface area contributed by atoms with Crippen molar-refractivity contribution < 1.29 is 4.92 Å². The summed E-state index contributed by atoms with van der Waals surface area (Å²) in [5.41, 5.74) is 0.918. The van der Waals surface area contributed by atoms with Crippen LogP contribution >= 0.6 is 0 Å². The first kappa shape index (κ1) is 6.78. The summed E-state index contributed by atoms with van der Waals surface area (Å²) in [5, 5.41) is 10.3. The first-order chi connectivity index (χ1) is 5.77. The highest BCUT2D eigenvalue weighted by atomic mass is 16.6. The van der Waals surface area contributed by atoms with Gasteiger partial charge in [-0.1, -0.05) is 0 Å². The fourth-order valence-electron chi connectivity index (χ4n) is 1.02. The molecular formula is C7H5N3O2. The number of nitro groups is 1. The number of nitrogens with zero attached hydrogens (tertiary/aromatic N) is 3. The van der Waals surface area contributed by atoms with E-state index in [9.17, 15) is 10.1 Å². The van der Waals surface area contributed by atoms with E-state index in [1.54, 1.807) is 16.7 Å². The van der Waals surface area contributed by atoms with E-state index in [2.05, 4.69) is 4.98 Å². The Hall–Kier alpha value is -1.91. The van der Waals surface area contributed by atoms with Crippen LogP contribution in [0.5, 0.6) is 0 Å². The molecule has 2 heterocycles. The molecular weight excluding hydrogens is 158 g/mol. The molecule has 0 radical (unpaired) electrons. The van der Waals surface area contributed by atoms with E-state index in [4.69, 9.17) is 0 Å². The third-order valence-corrected chi connectivity index (χ3v) is 1.60. The summed E-state index contributed by atoms with van der Waals surface area (Å²) in [7, 11) is 0. The van der Waals surface area contributed by atoms with Crippen molar-refractivity contribution in [3.63, 3.8) is 0 Å². The summed E-state index contributed by atoms with van der Waals surface area (Å²) in [6.45, 7) is 0. The molecule has 0 spiro atoms. The number of hydrogen-bond acceptors (Lipinski definition) is 3. The van der Waals surface area contributed by atoms with Crippen LogP contribution in [0.2, 0.25) is 0 Å². The number of imidazole rings is 1. The first-order valence-electron chi connectivity index (χ1n) is 3.33. The molecule has 0 fully saturated rings. The van der Waals surface area contributed by atoms with Crippen LogP contribution in [0.1, 0.15) is 0 Å². The van der Waals surface area contributed by atoms with E-state index < -0.39 is 4.92 Å². The molecule has 0 unspecified atom stereocenters. The number of hydrogen-bond donors (Lipinski definition) is 0. The number of fused-ring (bicyclic) bond motifs is 1. The van der Waals surface area contributed by atoms with Crippen LogP contribution in [-0.4, -0.2) is 14.3 Å². The number of pyridine rings is 1. The molecule has 12 heavy (non-hydrogen) atoms. The normalized spacial score (nSPS) is 10.3. The Morgan fingerprint density at radius 1 is 1.50 bits per heavy atom. The minimum atomic E-state index is -0.431. The van der Waals surface area contributed by atoms with Crippen molar-refractivity contribution in [3.8, 4) is 0 Å². The molecule has 0 aliphatic carbocycles. The van der Waals surface area contributed by atoms with E-state index >= 15 is 0 Å². The van der Waals surface area contributed by atoms with Gasteiger partial charge in [-0.05, 0) is 6.07 Å². The molecule has 5 nitrogen and oxygen atoms in total.